The topological polar surface area (TPSA) is 173 Å². The summed E-state index contributed by atoms with van der Waals surface area (Å²) < 4.78 is 5.56. The monoisotopic (exact) mass is 446 g/mol. The van der Waals surface area contributed by atoms with Crippen molar-refractivity contribution >= 4 is 28.4 Å². The van der Waals surface area contributed by atoms with Crippen LogP contribution in [-0.2, 0) is 14.3 Å². The molecule has 3 fully saturated rings. The van der Waals surface area contributed by atoms with Gasteiger partial charge in [0.1, 0.15) is 11.7 Å². The van der Waals surface area contributed by atoms with E-state index in [0.717, 1.165) is 23.5 Å². The quantitative estimate of drug-likeness (QED) is 0.276. The van der Waals surface area contributed by atoms with E-state index in [-0.39, 0.29) is 19.6 Å². The fourth-order valence-corrected chi connectivity index (χ4v) is 4.08. The first-order valence-corrected chi connectivity index (χ1v) is 10.2. The van der Waals surface area contributed by atoms with Crippen LogP contribution in [0.15, 0.2) is 36.5 Å². The van der Waals surface area contributed by atoms with E-state index >= 15 is 0 Å². The molecule has 172 valence electrons. The van der Waals surface area contributed by atoms with Gasteiger partial charge in [-0.15, -0.1) is 0 Å². The molecule has 2 aromatic rings. The predicted molar refractivity (Wildman–Crippen MR) is 112 cm³/mol. The average Bonchev–Trinajstić information content (AvgIpc) is 2.77. The minimum Gasteiger partial charge on any atom is -0.393 e. The number of aliphatic hydroxyl groups is 4. The Balaban J connectivity index is 1.55. The van der Waals surface area contributed by atoms with Crippen LogP contribution in [0.5, 0.6) is 0 Å². The molecule has 7 N–H and O–H groups in total. The van der Waals surface area contributed by atoms with E-state index in [1.807, 2.05) is 30.3 Å². The molecule has 0 radical (unpaired) electrons. The number of amides is 2. The fourth-order valence-electron chi connectivity index (χ4n) is 4.08. The third-order valence-corrected chi connectivity index (χ3v) is 6.12. The number of fused-ring (bicyclic) bond motifs is 6. The summed E-state index contributed by atoms with van der Waals surface area (Å²) in [6.07, 6.45) is -0.141. The Morgan fingerprint density at radius 2 is 2.09 bits per heavy atom. The zero-order chi connectivity index (χ0) is 23.1. The van der Waals surface area contributed by atoms with E-state index in [4.69, 9.17) is 4.74 Å². The van der Waals surface area contributed by atoms with Gasteiger partial charge in [-0.1, -0.05) is 6.07 Å². The number of hydrogen-bond donors (Lipinski definition) is 7. The van der Waals surface area contributed by atoms with Crippen LogP contribution in [-0.4, -0.2) is 80.1 Å². The number of aromatic nitrogens is 1. The molecule has 0 saturated carbocycles. The van der Waals surface area contributed by atoms with Crippen LogP contribution in [0.25, 0.3) is 10.9 Å². The number of pyridine rings is 1. The van der Waals surface area contributed by atoms with Crippen molar-refractivity contribution in [3.63, 3.8) is 0 Å². The van der Waals surface area contributed by atoms with Gasteiger partial charge in [0.05, 0.1) is 18.7 Å². The molecule has 3 aliphatic heterocycles. The highest BCUT2D eigenvalue weighted by Crippen LogP contribution is 2.34. The van der Waals surface area contributed by atoms with Gasteiger partial charge in [-0.3, -0.25) is 14.6 Å². The number of piperazine rings is 1. The van der Waals surface area contributed by atoms with Crippen LogP contribution in [0.2, 0.25) is 0 Å². The van der Waals surface area contributed by atoms with E-state index < -0.39 is 47.5 Å². The van der Waals surface area contributed by atoms with E-state index in [2.05, 4.69) is 20.9 Å². The van der Waals surface area contributed by atoms with E-state index in [0.29, 0.717) is 0 Å². The summed E-state index contributed by atoms with van der Waals surface area (Å²) in [4.78, 5) is 30.0. The van der Waals surface area contributed by atoms with Crippen LogP contribution in [0, 0.1) is 5.92 Å². The molecule has 5 atom stereocenters. The van der Waals surface area contributed by atoms with Crippen LogP contribution in [0.1, 0.15) is 13.3 Å². The highest BCUT2D eigenvalue weighted by atomic mass is 16.5. The van der Waals surface area contributed by atoms with Crippen molar-refractivity contribution in [2.24, 2.45) is 5.92 Å². The minimum atomic E-state index is -2.35. The van der Waals surface area contributed by atoms with Crippen LogP contribution >= 0.6 is 0 Å². The van der Waals surface area contributed by atoms with Gasteiger partial charge in [0.2, 0.25) is 5.72 Å². The molecule has 2 bridgehead atoms. The first-order valence-electron chi connectivity index (χ1n) is 10.2. The van der Waals surface area contributed by atoms with Crippen molar-refractivity contribution in [3.05, 3.63) is 36.5 Å². The molecule has 0 aliphatic carbocycles. The van der Waals surface area contributed by atoms with Crippen molar-refractivity contribution in [2.45, 2.75) is 36.5 Å². The second-order valence-corrected chi connectivity index (χ2v) is 8.45. The van der Waals surface area contributed by atoms with Gasteiger partial charge in [0, 0.05) is 29.7 Å². The van der Waals surface area contributed by atoms with Gasteiger partial charge in [0.15, 0.2) is 0 Å². The van der Waals surface area contributed by atoms with Crippen LogP contribution < -0.4 is 16.0 Å². The van der Waals surface area contributed by atoms with Crippen molar-refractivity contribution in [3.8, 4) is 0 Å². The normalized spacial score (nSPS) is 30.6. The number of aliphatic hydroxyl groups excluding tert-OH is 2. The molecule has 0 spiro atoms. The molecular weight excluding hydrogens is 420 g/mol. The lowest BCUT2D eigenvalue weighted by atomic mass is 9.82. The van der Waals surface area contributed by atoms with Crippen molar-refractivity contribution in [2.75, 3.05) is 25.1 Å². The van der Waals surface area contributed by atoms with Crippen LogP contribution in [0.4, 0.5) is 5.69 Å². The smallest absolute Gasteiger partial charge is 0.278 e. The molecule has 3 aliphatic rings. The Morgan fingerprint density at radius 1 is 1.31 bits per heavy atom. The fraction of sp³-hybridized carbons (Fsp3) is 0.476. The molecule has 1 aromatic heterocycles. The maximum atomic E-state index is 12.9. The van der Waals surface area contributed by atoms with E-state index in [1.165, 1.54) is 0 Å². The second kappa shape index (κ2) is 7.94. The van der Waals surface area contributed by atoms with Crippen molar-refractivity contribution < 1.29 is 34.8 Å². The van der Waals surface area contributed by atoms with E-state index in [1.54, 1.807) is 6.20 Å². The number of carbonyl (C=O) groups is 2. The molecule has 1 unspecified atom stereocenters. The van der Waals surface area contributed by atoms with E-state index in [9.17, 15) is 30.0 Å². The molecule has 5 rings (SSSR count). The lowest BCUT2D eigenvalue weighted by Gasteiger charge is -2.51. The zero-order valence-electron chi connectivity index (χ0n) is 17.4. The molecule has 11 nitrogen and oxygen atoms in total. The lowest BCUT2D eigenvalue weighted by molar-refractivity contribution is -0.240. The maximum absolute atomic E-state index is 12.9. The van der Waals surface area contributed by atoms with Gasteiger partial charge in [0.25, 0.3) is 17.5 Å². The highest BCUT2D eigenvalue weighted by Gasteiger charge is 2.64. The molecular formula is C21H26N4O7. The summed E-state index contributed by atoms with van der Waals surface area (Å²) in [7, 11) is 0. The molecule has 32 heavy (non-hydrogen) atoms. The number of hydrogen-bond acceptors (Lipinski definition) is 9. The minimum absolute atomic E-state index is 0.109. The standard InChI is InChI=1S/C21H26N4O7/c1-19(30,11-26)16(27)21-18(29)24-20(31,17(28)25-21)13(6-8-32-21)10-23-14-4-5-15-12(9-14)3-2-7-22-15/h2-5,7,9,13,16,23,26-27,30-31H,6,8,10-11H2,1H3,(H,24,29)(H,25,28)/t13?,16-,19-,20+,21-/m0/s1. The van der Waals surface area contributed by atoms with Crippen molar-refractivity contribution in [1.82, 2.24) is 15.6 Å². The Hall–Kier alpha value is -2.83. The summed E-state index contributed by atoms with van der Waals surface area (Å²) in [5.41, 5.74) is -5.20. The Kier molecular flexibility index (Phi) is 5.55. The van der Waals surface area contributed by atoms with Gasteiger partial charge in [-0.25, -0.2) is 0 Å². The molecule has 1 aromatic carbocycles. The SMILES string of the molecule is C[C@](O)(CO)[C@H](O)[C@@]12NC(=O)[C@@](O)(NC1=O)C(CNc1ccc3ncccc3c1)CCO2. The average molecular weight is 446 g/mol. The number of ether oxygens (including phenoxy) is 1. The summed E-state index contributed by atoms with van der Waals surface area (Å²) in [6.45, 7) is 0.229. The number of rotatable bonds is 6. The molecule has 4 heterocycles. The molecule has 2 amide bonds. The zero-order valence-corrected chi connectivity index (χ0v) is 17.4. The molecule has 11 heteroatoms. The summed E-state index contributed by atoms with van der Waals surface area (Å²) >= 11 is 0. The molecule has 3 saturated heterocycles. The lowest BCUT2D eigenvalue weighted by Crippen LogP contribution is -2.84. The number of anilines is 1. The van der Waals surface area contributed by atoms with Gasteiger partial charge >= 0.3 is 0 Å². The third-order valence-electron chi connectivity index (χ3n) is 6.12. The number of carbonyl (C=O) groups excluding carboxylic acids is 2. The first kappa shape index (κ1) is 22.4. The van der Waals surface area contributed by atoms with Gasteiger partial charge in [-0.2, -0.15) is 0 Å². The summed E-state index contributed by atoms with van der Waals surface area (Å²) in [6, 6.07) is 9.26. The number of nitrogens with one attached hydrogen (secondary N) is 3. The van der Waals surface area contributed by atoms with Crippen molar-refractivity contribution in [1.29, 1.82) is 0 Å². The number of nitrogens with zero attached hydrogens (tertiary/aromatic N) is 1. The third kappa shape index (κ3) is 3.57. The summed E-state index contributed by atoms with van der Waals surface area (Å²) in [5, 5.41) is 49.8. The number of benzene rings is 1. The van der Waals surface area contributed by atoms with Gasteiger partial charge in [-0.05, 0) is 37.6 Å². The Morgan fingerprint density at radius 3 is 2.84 bits per heavy atom. The Labute approximate surface area is 183 Å². The van der Waals surface area contributed by atoms with Gasteiger partial charge < -0.3 is 41.1 Å². The maximum Gasteiger partial charge on any atom is 0.278 e. The Bertz CT molecular complexity index is 1050. The predicted octanol–water partition coefficient (Wildman–Crippen LogP) is -1.58. The second-order valence-electron chi connectivity index (χ2n) is 8.45. The first-order chi connectivity index (χ1) is 15.1. The van der Waals surface area contributed by atoms with Crippen LogP contribution in [0.3, 0.4) is 0 Å². The largest absolute Gasteiger partial charge is 0.393 e. The summed E-state index contributed by atoms with van der Waals surface area (Å²) in [5.74, 6) is -2.79. The highest BCUT2D eigenvalue weighted by molar-refractivity contribution is 6.01.